The molecule has 0 aromatic carbocycles. The average Bonchev–Trinajstić information content (AvgIpc) is 2.89. The molecule has 1 aromatic heterocycles. The summed E-state index contributed by atoms with van der Waals surface area (Å²) in [6, 6.07) is 0. The van der Waals surface area contributed by atoms with E-state index in [0.717, 1.165) is 19.4 Å². The molecule has 1 aliphatic heterocycles. The number of hydrogen-bond donors (Lipinski definition) is 2. The number of hydrogen-bond acceptors (Lipinski definition) is 5. The van der Waals surface area contributed by atoms with Gasteiger partial charge in [-0.2, -0.15) is 0 Å². The van der Waals surface area contributed by atoms with Crippen LogP contribution >= 0.6 is 0 Å². The molecule has 2 heterocycles. The Hall–Kier alpha value is -1.53. The Balaban J connectivity index is 2.17. The van der Waals surface area contributed by atoms with Crippen LogP contribution in [0.5, 0.6) is 0 Å². The Kier molecular flexibility index (Phi) is 4.11. The van der Waals surface area contributed by atoms with Crippen LogP contribution in [0.4, 0.5) is 0 Å². The van der Waals surface area contributed by atoms with Crippen LogP contribution in [-0.4, -0.2) is 40.3 Å². The smallest absolute Gasteiger partial charge is 0.329 e. The van der Waals surface area contributed by atoms with Gasteiger partial charge in [-0.15, -0.1) is 0 Å². The van der Waals surface area contributed by atoms with Crippen molar-refractivity contribution in [1.82, 2.24) is 15.3 Å². The molecule has 2 rings (SSSR count). The maximum absolute atomic E-state index is 11.6. The predicted octanol–water partition coefficient (Wildman–Crippen LogP) is 0.853. The van der Waals surface area contributed by atoms with Crippen LogP contribution < -0.4 is 5.32 Å². The number of aryl methyl sites for hydroxylation is 1. The SMILES string of the molecule is Cc1nccnc1C(C)(NCC1CCCO1)C(=O)O. The Labute approximate surface area is 112 Å². The number of nitrogens with one attached hydrogen (secondary N) is 1. The number of aliphatic carboxylic acids is 1. The second kappa shape index (κ2) is 5.63. The third-order valence-electron chi connectivity index (χ3n) is 3.49. The number of ether oxygens (including phenoxy) is 1. The molecule has 104 valence electrons. The first kappa shape index (κ1) is 13.9. The molecule has 6 nitrogen and oxygen atoms in total. The minimum Gasteiger partial charge on any atom is -0.480 e. The van der Waals surface area contributed by atoms with Crippen LogP contribution in [0, 0.1) is 6.92 Å². The maximum Gasteiger partial charge on any atom is 0.329 e. The number of carbonyl (C=O) groups is 1. The van der Waals surface area contributed by atoms with E-state index in [-0.39, 0.29) is 6.10 Å². The highest BCUT2D eigenvalue weighted by Crippen LogP contribution is 2.22. The molecular weight excluding hydrogens is 246 g/mol. The van der Waals surface area contributed by atoms with Crippen molar-refractivity contribution in [2.45, 2.75) is 38.3 Å². The van der Waals surface area contributed by atoms with E-state index >= 15 is 0 Å². The molecule has 0 radical (unpaired) electrons. The molecule has 2 unspecified atom stereocenters. The highest BCUT2D eigenvalue weighted by Gasteiger charge is 2.38. The van der Waals surface area contributed by atoms with Crippen molar-refractivity contribution < 1.29 is 14.6 Å². The Morgan fingerprint density at radius 2 is 2.32 bits per heavy atom. The first-order valence-electron chi connectivity index (χ1n) is 6.42. The normalized spacial score (nSPS) is 22.1. The maximum atomic E-state index is 11.6. The van der Waals surface area contributed by atoms with Crippen molar-refractivity contribution in [3.63, 3.8) is 0 Å². The zero-order valence-corrected chi connectivity index (χ0v) is 11.2. The fourth-order valence-electron chi connectivity index (χ4n) is 2.28. The van der Waals surface area contributed by atoms with Gasteiger partial charge in [-0.25, -0.2) is 4.79 Å². The van der Waals surface area contributed by atoms with Gasteiger partial charge in [0.1, 0.15) is 0 Å². The first-order chi connectivity index (χ1) is 9.04. The Morgan fingerprint density at radius 3 is 2.89 bits per heavy atom. The first-order valence-corrected chi connectivity index (χ1v) is 6.42. The zero-order chi connectivity index (χ0) is 13.9. The van der Waals surface area contributed by atoms with Gasteiger partial charge in [0, 0.05) is 25.5 Å². The van der Waals surface area contributed by atoms with Crippen LogP contribution in [0.2, 0.25) is 0 Å². The lowest BCUT2D eigenvalue weighted by Gasteiger charge is -2.28. The molecule has 6 heteroatoms. The lowest BCUT2D eigenvalue weighted by molar-refractivity contribution is -0.145. The van der Waals surface area contributed by atoms with Crippen molar-refractivity contribution >= 4 is 5.97 Å². The standard InChI is InChI=1S/C13H19N3O3/c1-9-11(15-6-5-14-9)13(2,12(17)18)16-8-10-4-3-7-19-10/h5-6,10,16H,3-4,7-8H2,1-2H3,(H,17,18). The summed E-state index contributed by atoms with van der Waals surface area (Å²) in [5.74, 6) is -0.964. The lowest BCUT2D eigenvalue weighted by Crippen LogP contribution is -2.50. The van der Waals surface area contributed by atoms with E-state index in [1.165, 1.54) is 6.20 Å². The van der Waals surface area contributed by atoms with E-state index in [1.807, 2.05) is 0 Å². The molecule has 1 aromatic rings. The summed E-state index contributed by atoms with van der Waals surface area (Å²) < 4.78 is 5.50. The fraction of sp³-hybridized carbons (Fsp3) is 0.615. The van der Waals surface area contributed by atoms with Crippen molar-refractivity contribution in [1.29, 1.82) is 0 Å². The van der Waals surface area contributed by atoms with E-state index in [4.69, 9.17) is 4.74 Å². The molecule has 2 atom stereocenters. The lowest BCUT2D eigenvalue weighted by atomic mass is 9.95. The summed E-state index contributed by atoms with van der Waals surface area (Å²) >= 11 is 0. The van der Waals surface area contributed by atoms with Crippen molar-refractivity contribution in [3.05, 3.63) is 23.8 Å². The van der Waals surface area contributed by atoms with Gasteiger partial charge in [0.25, 0.3) is 0 Å². The van der Waals surface area contributed by atoms with Crippen molar-refractivity contribution in [2.24, 2.45) is 0 Å². The monoisotopic (exact) mass is 265 g/mol. The molecule has 19 heavy (non-hydrogen) atoms. The fourth-order valence-corrected chi connectivity index (χ4v) is 2.28. The molecule has 0 aliphatic carbocycles. The molecule has 0 saturated carbocycles. The highest BCUT2D eigenvalue weighted by molar-refractivity contribution is 5.79. The summed E-state index contributed by atoms with van der Waals surface area (Å²) in [6.07, 6.45) is 5.14. The largest absolute Gasteiger partial charge is 0.480 e. The van der Waals surface area contributed by atoms with Crippen LogP contribution in [0.25, 0.3) is 0 Å². The van der Waals surface area contributed by atoms with Gasteiger partial charge in [-0.05, 0) is 26.7 Å². The minimum absolute atomic E-state index is 0.0793. The number of carboxylic acid groups (broad SMARTS) is 1. The highest BCUT2D eigenvalue weighted by atomic mass is 16.5. The number of rotatable bonds is 5. The molecule has 2 N–H and O–H groups in total. The van der Waals surface area contributed by atoms with Crippen LogP contribution in [0.3, 0.4) is 0 Å². The van der Waals surface area contributed by atoms with Gasteiger partial charge >= 0.3 is 5.97 Å². The van der Waals surface area contributed by atoms with E-state index in [1.54, 1.807) is 20.0 Å². The molecule has 1 aliphatic rings. The molecule has 1 saturated heterocycles. The summed E-state index contributed by atoms with van der Waals surface area (Å²) in [6.45, 7) is 4.62. The van der Waals surface area contributed by atoms with Crippen LogP contribution in [0.1, 0.15) is 31.2 Å². The molecular formula is C13H19N3O3. The van der Waals surface area contributed by atoms with Gasteiger partial charge in [-0.1, -0.05) is 0 Å². The molecule has 0 bridgehead atoms. The van der Waals surface area contributed by atoms with Crippen LogP contribution in [0.15, 0.2) is 12.4 Å². The van der Waals surface area contributed by atoms with E-state index < -0.39 is 11.5 Å². The van der Waals surface area contributed by atoms with E-state index in [9.17, 15) is 9.90 Å². The molecule has 1 fully saturated rings. The number of carboxylic acids is 1. The average molecular weight is 265 g/mol. The third kappa shape index (κ3) is 2.90. The topological polar surface area (TPSA) is 84.3 Å². The van der Waals surface area contributed by atoms with Crippen molar-refractivity contribution in [3.8, 4) is 0 Å². The zero-order valence-electron chi connectivity index (χ0n) is 11.2. The summed E-state index contributed by atoms with van der Waals surface area (Å²) in [5, 5.41) is 12.6. The summed E-state index contributed by atoms with van der Waals surface area (Å²) in [4.78, 5) is 19.9. The number of nitrogens with zero attached hydrogens (tertiary/aromatic N) is 2. The predicted molar refractivity (Wildman–Crippen MR) is 68.7 cm³/mol. The third-order valence-corrected chi connectivity index (χ3v) is 3.49. The van der Waals surface area contributed by atoms with Crippen LogP contribution in [-0.2, 0) is 15.1 Å². The summed E-state index contributed by atoms with van der Waals surface area (Å²) in [7, 11) is 0. The Morgan fingerprint density at radius 1 is 1.58 bits per heavy atom. The second-order valence-corrected chi connectivity index (χ2v) is 4.94. The quantitative estimate of drug-likeness (QED) is 0.821. The Bertz CT molecular complexity index is 460. The molecule has 0 spiro atoms. The molecule has 0 amide bonds. The number of aromatic nitrogens is 2. The van der Waals surface area contributed by atoms with Crippen molar-refractivity contribution in [2.75, 3.05) is 13.2 Å². The van der Waals surface area contributed by atoms with Gasteiger partial charge in [0.2, 0.25) is 0 Å². The summed E-state index contributed by atoms with van der Waals surface area (Å²) in [5.41, 5.74) is -0.183. The van der Waals surface area contributed by atoms with Gasteiger partial charge < -0.3 is 9.84 Å². The van der Waals surface area contributed by atoms with E-state index in [0.29, 0.717) is 17.9 Å². The second-order valence-electron chi connectivity index (χ2n) is 4.94. The van der Waals surface area contributed by atoms with Gasteiger partial charge in [0.05, 0.1) is 17.5 Å². The van der Waals surface area contributed by atoms with Gasteiger partial charge in [-0.3, -0.25) is 15.3 Å². The van der Waals surface area contributed by atoms with Gasteiger partial charge in [0.15, 0.2) is 5.54 Å². The minimum atomic E-state index is -1.25. The van der Waals surface area contributed by atoms with E-state index in [2.05, 4.69) is 15.3 Å².